The van der Waals surface area contributed by atoms with E-state index in [1.54, 1.807) is 0 Å². The molecular weight excluding hydrogens is 1400 g/mol. The topological polar surface area (TPSA) is 615 Å². The Morgan fingerprint density at radius 3 is 1.19 bits per heavy atom. The third-order valence-corrected chi connectivity index (χ3v) is 16.8. The molecule has 7 fully saturated rings. The van der Waals surface area contributed by atoms with E-state index in [0.29, 0.717) is 0 Å². The van der Waals surface area contributed by atoms with Gasteiger partial charge in [-0.2, -0.15) is 50.5 Å². The summed E-state index contributed by atoms with van der Waals surface area (Å²) in [5.41, 5.74) is 0. The molecule has 7 heterocycles. The van der Waals surface area contributed by atoms with Crippen molar-refractivity contribution in [2.45, 2.75) is 153 Å². The van der Waals surface area contributed by atoms with Crippen LogP contribution in [0.3, 0.4) is 0 Å². The van der Waals surface area contributed by atoms with Crippen molar-refractivity contribution in [3.05, 3.63) is 0 Å². The van der Waals surface area contributed by atoms with E-state index in [1.165, 1.54) is 0 Å². The standard InChI is InChI=1S/C39H66O46S6/c1-61-17-14(9-71-86(43,44)45)75-35(27(66-6)20(17)62-2)79-23-22(64-4)28(67-7)36(80-26(23)33(41)42)77-19-16(11-73-88(49,50)51)76-37(31(85-91(58,59)60)24(19)83-89(52,53)54)81-32-25(65-5)29-38(82-39(32,12-69-29)70-13-40)78-18-15(10-72-87(46,47)48)74-34(68-8)30(21(18)63-3)84-90(55,56)57/h14-32,34-38,40H,9-13H2,1-8H3,(H,41,42)(H,43,44,45)(H,46,47,48)(H,49,50,51)(H,52,53,54)(H,55,56,57)(H,58,59,60)/t14-,15-,16?,17+,18+,19?,20?,21?,22?,23-,24-,25-,26+,27?,28?,29+,30?,31?,32?,34-,35+,36+,37-,38+,39?/m0/s1. The number of carbonyl (C=O) groups is 1. The number of aliphatic hydroxyl groups is 1. The van der Waals surface area contributed by atoms with Crippen molar-refractivity contribution in [1.82, 2.24) is 0 Å². The lowest BCUT2D eigenvalue weighted by Crippen LogP contribution is -2.76. The molecule has 52 heteroatoms. The molecule has 0 aromatic carbocycles. The molecule has 7 saturated heterocycles. The van der Waals surface area contributed by atoms with E-state index in [2.05, 4.69) is 12.5 Å². The van der Waals surface area contributed by atoms with Gasteiger partial charge in [0.15, 0.2) is 49.8 Å². The molecule has 0 aromatic heterocycles. The van der Waals surface area contributed by atoms with E-state index < -0.39 is 255 Å². The number of aliphatic hydroxyl groups excluding tert-OH is 1. The number of fused-ring (bicyclic) bond motifs is 3. The fraction of sp³-hybridized carbons (Fsp3) is 0.974. The van der Waals surface area contributed by atoms with Crippen LogP contribution in [0.25, 0.3) is 0 Å². The summed E-state index contributed by atoms with van der Waals surface area (Å²) in [4.78, 5) is 13.3. The third-order valence-electron chi connectivity index (χ3n) is 14.1. The highest BCUT2D eigenvalue weighted by molar-refractivity contribution is 7.82. The maximum Gasteiger partial charge on any atom is 0.397 e. The summed E-state index contributed by atoms with van der Waals surface area (Å²) in [7, 11) is -25.7. The maximum absolute atomic E-state index is 13.3. The number of ether oxygens (including phenoxy) is 19. The lowest BCUT2D eigenvalue weighted by Gasteiger charge is -2.58. The zero-order chi connectivity index (χ0) is 68.1. The minimum absolute atomic E-state index is 0.907. The number of carboxylic acid groups (broad SMARTS) is 1. The molecule has 11 unspecified atom stereocenters. The van der Waals surface area contributed by atoms with E-state index >= 15 is 0 Å². The SMILES string of the molecule is COC1C(OC)[C@H](OC)[C@H](COS(=O)(=O)O)O[C@@H]1O[C@H]1C(OC)C(OC)[C@H](OC2C(COS(=O)(=O)O)O[C@@H](OC3[C@@H](OC)[C@H]4OCC3(OCO)O[C@H]4O[C@H]3C(OC)C(OS(=O)(=O)O)[C@@H](OC)O[C@H]3COS(=O)(=O)O)C(OS(=O)(=O)O)[C@H]2OS(=O)(=O)O)O[C@H]1C(=O)O. The van der Waals surface area contributed by atoms with Crippen LogP contribution >= 0.6 is 0 Å². The van der Waals surface area contributed by atoms with Gasteiger partial charge in [0.25, 0.3) is 0 Å². The van der Waals surface area contributed by atoms with Crippen molar-refractivity contribution in [2.24, 2.45) is 0 Å². The summed E-state index contributed by atoms with van der Waals surface area (Å²) in [5.74, 6) is -4.75. The Hall–Kier alpha value is -2.11. The number of hydrogen-bond acceptors (Lipinski definition) is 39. The van der Waals surface area contributed by atoms with Gasteiger partial charge in [-0.3, -0.25) is 27.3 Å². The molecule has 91 heavy (non-hydrogen) atoms. The summed E-state index contributed by atoms with van der Waals surface area (Å²) in [6.45, 7) is -6.21. The van der Waals surface area contributed by atoms with Crippen LogP contribution in [0.1, 0.15) is 0 Å². The summed E-state index contributed by atoms with van der Waals surface area (Å²) < 4.78 is 342. The first kappa shape index (κ1) is 77.9. The molecule has 25 atom stereocenters. The second-order valence-electron chi connectivity index (χ2n) is 19.3. The van der Waals surface area contributed by atoms with E-state index in [9.17, 15) is 92.8 Å². The molecule has 0 radical (unpaired) electrons. The summed E-state index contributed by atoms with van der Waals surface area (Å²) >= 11 is 0. The Morgan fingerprint density at radius 2 is 0.769 bits per heavy atom. The highest BCUT2D eigenvalue weighted by Gasteiger charge is 2.67. The number of aliphatic carboxylic acids is 1. The smallest absolute Gasteiger partial charge is 0.397 e. The number of hydrogen-bond donors (Lipinski definition) is 8. The van der Waals surface area contributed by atoms with Crippen molar-refractivity contribution in [3.63, 3.8) is 0 Å². The first-order valence-corrected chi connectivity index (χ1v) is 33.5. The van der Waals surface area contributed by atoms with Gasteiger partial charge in [0, 0.05) is 56.9 Å². The zero-order valence-corrected chi connectivity index (χ0v) is 52.8. The zero-order valence-electron chi connectivity index (χ0n) is 47.9. The normalized spacial score (nSPS) is 39.6. The van der Waals surface area contributed by atoms with Gasteiger partial charge in [-0.1, -0.05) is 0 Å². The van der Waals surface area contributed by atoms with Crippen LogP contribution in [-0.2, 0) is 182 Å². The Labute approximate surface area is 517 Å². The molecule has 0 aliphatic carbocycles. The molecule has 0 saturated carbocycles. The van der Waals surface area contributed by atoms with Crippen LogP contribution in [0.5, 0.6) is 0 Å². The average Bonchev–Trinajstić information content (AvgIpc) is 0.881. The van der Waals surface area contributed by atoms with E-state index in [-0.39, 0.29) is 0 Å². The second-order valence-corrected chi connectivity index (χ2v) is 25.8. The number of rotatable bonds is 34. The predicted molar refractivity (Wildman–Crippen MR) is 272 cm³/mol. The summed E-state index contributed by atoms with van der Waals surface area (Å²) in [6, 6.07) is 0. The predicted octanol–water partition coefficient (Wildman–Crippen LogP) is -7.30. The van der Waals surface area contributed by atoms with Gasteiger partial charge in [-0.05, 0) is 0 Å². The Bertz CT molecular complexity index is 3080. The molecular formula is C39H66O46S6. The summed E-state index contributed by atoms with van der Waals surface area (Å²) in [6.07, 6.45) is -49.7. The quantitative estimate of drug-likeness (QED) is 0.0219. The first-order chi connectivity index (χ1) is 42.2. The molecule has 7 aliphatic rings. The van der Waals surface area contributed by atoms with Crippen molar-refractivity contribution in [1.29, 1.82) is 0 Å². The third kappa shape index (κ3) is 20.0. The number of methoxy groups -OCH3 is 8. The Balaban J connectivity index is 1.41. The van der Waals surface area contributed by atoms with Gasteiger partial charge >= 0.3 is 68.4 Å². The molecule has 534 valence electrons. The molecule has 7 rings (SSSR count). The fourth-order valence-corrected chi connectivity index (χ4v) is 13.0. The molecule has 0 aromatic rings. The van der Waals surface area contributed by atoms with E-state index in [1.807, 2.05) is 0 Å². The van der Waals surface area contributed by atoms with Gasteiger partial charge in [-0.25, -0.2) is 29.9 Å². The van der Waals surface area contributed by atoms with Crippen LogP contribution < -0.4 is 0 Å². The van der Waals surface area contributed by atoms with Crippen LogP contribution in [-0.4, -0.2) is 337 Å². The number of carboxylic acids is 1. The van der Waals surface area contributed by atoms with Gasteiger partial charge in [0.2, 0.25) is 5.79 Å². The lowest BCUT2D eigenvalue weighted by molar-refractivity contribution is -0.487. The average molecular weight is 1460 g/mol. The largest absolute Gasteiger partial charge is 0.479 e. The van der Waals surface area contributed by atoms with Crippen LogP contribution in [0.15, 0.2) is 0 Å². The van der Waals surface area contributed by atoms with Crippen LogP contribution in [0.2, 0.25) is 0 Å². The Kier molecular flexibility index (Phi) is 27.1. The minimum atomic E-state index is -6.09. The molecule has 7 aliphatic heterocycles. The van der Waals surface area contributed by atoms with Crippen molar-refractivity contribution in [2.75, 3.05) is 90.1 Å². The lowest BCUT2D eigenvalue weighted by atomic mass is 9.91. The molecule has 46 nitrogen and oxygen atoms in total. The highest BCUT2D eigenvalue weighted by atomic mass is 32.3. The van der Waals surface area contributed by atoms with Crippen molar-refractivity contribution in [3.8, 4) is 0 Å². The van der Waals surface area contributed by atoms with Crippen LogP contribution in [0.4, 0.5) is 0 Å². The highest BCUT2D eigenvalue weighted by Crippen LogP contribution is 2.46. The van der Waals surface area contributed by atoms with E-state index in [0.717, 1.165) is 56.9 Å². The molecule has 8 N–H and O–H groups in total. The Morgan fingerprint density at radius 1 is 0.407 bits per heavy atom. The maximum atomic E-state index is 13.3. The van der Waals surface area contributed by atoms with Gasteiger partial charge in [-0.15, -0.1) is 0 Å². The van der Waals surface area contributed by atoms with E-state index in [4.69, 9.17) is 103 Å². The first-order valence-electron chi connectivity index (χ1n) is 25.3. The van der Waals surface area contributed by atoms with Crippen molar-refractivity contribution < 1.29 is 208 Å². The fourth-order valence-electron chi connectivity index (χ4n) is 10.7. The van der Waals surface area contributed by atoms with Gasteiger partial charge in [0.05, 0.1) is 19.8 Å². The monoisotopic (exact) mass is 1460 g/mol. The summed E-state index contributed by atoms with van der Waals surface area (Å²) in [5, 5.41) is 21.0. The second kappa shape index (κ2) is 31.6. The molecule has 0 spiro atoms. The molecule has 0 amide bonds. The minimum Gasteiger partial charge on any atom is -0.479 e. The van der Waals surface area contributed by atoms with Crippen molar-refractivity contribution >= 4 is 68.4 Å². The van der Waals surface area contributed by atoms with Crippen LogP contribution in [0, 0.1) is 0 Å². The molecule has 2 bridgehead atoms. The van der Waals surface area contributed by atoms with Gasteiger partial charge < -0.3 is 100 Å². The van der Waals surface area contributed by atoms with Gasteiger partial charge in [0.1, 0.15) is 111 Å².